The van der Waals surface area contributed by atoms with E-state index in [2.05, 4.69) is 10.6 Å². The fourth-order valence-corrected chi connectivity index (χ4v) is 7.74. The zero-order chi connectivity index (χ0) is 36.3. The SMILES string of the molecule is CC(C)(C)OC(=O)N[C@H]1CCCCC(=O)CCCCC2CC2(C(=O)O)NC(=O)[C@@H]2C[C@@H](Oc3nc4ccccc4nc3-c3cccs3)CN2C1=O. The van der Waals surface area contributed by atoms with Crippen molar-refractivity contribution in [1.29, 1.82) is 0 Å². The monoisotopic (exact) mass is 719 g/mol. The van der Waals surface area contributed by atoms with E-state index >= 15 is 0 Å². The van der Waals surface area contributed by atoms with Gasteiger partial charge in [0.25, 0.3) is 0 Å². The molecule has 3 amide bonds. The number of carbonyl (C=O) groups is 5. The number of fused-ring (bicyclic) bond motifs is 3. The highest BCUT2D eigenvalue weighted by Crippen LogP contribution is 2.47. The number of ether oxygens (including phenoxy) is 2. The van der Waals surface area contributed by atoms with Gasteiger partial charge in [0.15, 0.2) is 0 Å². The summed E-state index contributed by atoms with van der Waals surface area (Å²) < 4.78 is 12.0. The molecule has 1 aliphatic carbocycles. The number of carboxylic acids is 1. The molecule has 5 atom stereocenters. The summed E-state index contributed by atoms with van der Waals surface area (Å²) in [6.45, 7) is 5.12. The third-order valence-corrected chi connectivity index (χ3v) is 10.6. The molecule has 272 valence electrons. The summed E-state index contributed by atoms with van der Waals surface area (Å²) in [5.74, 6) is -2.18. The molecule has 3 fully saturated rings. The van der Waals surface area contributed by atoms with E-state index in [1.54, 1.807) is 20.8 Å². The number of para-hydroxylation sites is 2. The van der Waals surface area contributed by atoms with Crippen molar-refractivity contribution in [1.82, 2.24) is 25.5 Å². The molecule has 0 spiro atoms. The number of aromatic nitrogens is 2. The second-order valence-corrected chi connectivity index (χ2v) is 15.7. The van der Waals surface area contributed by atoms with E-state index in [1.807, 2.05) is 41.8 Å². The van der Waals surface area contributed by atoms with Crippen LogP contribution in [0.15, 0.2) is 41.8 Å². The lowest BCUT2D eigenvalue weighted by molar-refractivity contribution is -0.146. The maximum absolute atomic E-state index is 14.4. The van der Waals surface area contributed by atoms with Crippen molar-refractivity contribution in [3.8, 4) is 16.5 Å². The first-order chi connectivity index (χ1) is 24.3. The molecule has 0 bridgehead atoms. The molecular formula is C37H45N5O8S. The smallest absolute Gasteiger partial charge is 0.408 e. The summed E-state index contributed by atoms with van der Waals surface area (Å²) in [5.41, 5.74) is -0.444. The average Bonchev–Trinajstić information content (AvgIpc) is 3.38. The van der Waals surface area contributed by atoms with Gasteiger partial charge >= 0.3 is 12.1 Å². The van der Waals surface area contributed by atoms with Crippen LogP contribution in [0.3, 0.4) is 0 Å². The van der Waals surface area contributed by atoms with Crippen LogP contribution in [-0.2, 0) is 23.9 Å². The van der Waals surface area contributed by atoms with Crippen LogP contribution >= 0.6 is 11.3 Å². The Morgan fingerprint density at radius 1 is 1.00 bits per heavy atom. The van der Waals surface area contributed by atoms with Crippen molar-refractivity contribution in [2.75, 3.05) is 6.54 Å². The first-order valence-electron chi connectivity index (χ1n) is 17.7. The van der Waals surface area contributed by atoms with Gasteiger partial charge in [0.2, 0.25) is 17.7 Å². The second kappa shape index (κ2) is 14.9. The average molecular weight is 720 g/mol. The first kappa shape index (κ1) is 36.2. The summed E-state index contributed by atoms with van der Waals surface area (Å²) in [4.78, 5) is 78.5. The number of amides is 3. The zero-order valence-corrected chi connectivity index (χ0v) is 30.0. The number of hydrogen-bond acceptors (Lipinski definition) is 10. The standard InChI is InChI=1S/C37H45N5O8S/c1-36(2,3)50-35(48)40-27-16-7-6-13-23(43)12-5-4-11-22-20-37(22,34(46)47)41-31(44)28-19-24(21-42(28)33(27)45)49-32-30(29-17-10-18-51-29)38-25-14-8-9-15-26(25)39-32/h8-10,14-15,17-18,22,24,27-28H,4-7,11-13,16,19-21H2,1-3H3,(H,40,48)(H,41,44)(H,46,47)/t22?,24-,27+,28+,37?/m1/s1. The summed E-state index contributed by atoms with van der Waals surface area (Å²) in [7, 11) is 0. The van der Waals surface area contributed by atoms with Crippen LogP contribution in [-0.4, -0.2) is 85.5 Å². The Morgan fingerprint density at radius 2 is 1.71 bits per heavy atom. The number of alkyl carbamates (subject to hydrolysis) is 1. The van der Waals surface area contributed by atoms with Crippen molar-refractivity contribution in [2.45, 2.75) is 114 Å². The molecule has 14 heteroatoms. The van der Waals surface area contributed by atoms with Crippen LogP contribution in [0, 0.1) is 5.92 Å². The molecule has 1 saturated carbocycles. The number of carbonyl (C=O) groups excluding carboxylic acids is 4. The van der Waals surface area contributed by atoms with Gasteiger partial charge in [-0.15, -0.1) is 11.3 Å². The molecule has 1 aromatic carbocycles. The van der Waals surface area contributed by atoms with Crippen LogP contribution in [0.5, 0.6) is 5.88 Å². The van der Waals surface area contributed by atoms with E-state index in [1.165, 1.54) is 16.2 Å². The maximum Gasteiger partial charge on any atom is 0.408 e. The number of thiophene rings is 1. The Labute approximate surface area is 300 Å². The molecular weight excluding hydrogens is 675 g/mol. The minimum atomic E-state index is -1.45. The van der Waals surface area contributed by atoms with E-state index < -0.39 is 53.2 Å². The number of rotatable bonds is 5. The highest BCUT2D eigenvalue weighted by Gasteiger charge is 2.62. The first-order valence-corrected chi connectivity index (χ1v) is 18.6. The Bertz CT molecular complexity index is 1790. The quantitative estimate of drug-likeness (QED) is 0.315. The Morgan fingerprint density at radius 3 is 2.37 bits per heavy atom. The molecule has 3 aromatic rings. The van der Waals surface area contributed by atoms with Gasteiger partial charge in [-0.1, -0.05) is 31.0 Å². The Balaban J connectivity index is 1.32. The highest BCUT2D eigenvalue weighted by molar-refractivity contribution is 7.13. The van der Waals surface area contributed by atoms with Crippen molar-refractivity contribution >= 4 is 52.0 Å². The maximum atomic E-state index is 14.4. The number of benzene rings is 1. The van der Waals surface area contributed by atoms with E-state index in [4.69, 9.17) is 19.4 Å². The van der Waals surface area contributed by atoms with Gasteiger partial charge in [-0.3, -0.25) is 14.4 Å². The van der Waals surface area contributed by atoms with Crippen LogP contribution in [0.4, 0.5) is 4.79 Å². The molecule has 2 aromatic heterocycles. The number of nitrogens with zero attached hydrogens (tertiary/aromatic N) is 3. The topological polar surface area (TPSA) is 177 Å². The van der Waals surface area contributed by atoms with Gasteiger partial charge < -0.3 is 30.1 Å². The molecule has 51 heavy (non-hydrogen) atoms. The molecule has 2 aliphatic heterocycles. The molecule has 3 N–H and O–H groups in total. The fourth-order valence-electron chi connectivity index (χ4n) is 7.04. The third-order valence-electron chi connectivity index (χ3n) is 9.70. The fraction of sp³-hybridized carbons (Fsp3) is 0.541. The molecule has 0 radical (unpaired) electrons. The molecule has 4 heterocycles. The van der Waals surface area contributed by atoms with Gasteiger partial charge in [-0.25, -0.2) is 19.6 Å². The third kappa shape index (κ3) is 8.49. The second-order valence-electron chi connectivity index (χ2n) is 14.7. The summed E-state index contributed by atoms with van der Waals surface area (Å²) in [6, 6.07) is 9.07. The van der Waals surface area contributed by atoms with Crippen LogP contribution < -0.4 is 15.4 Å². The number of aliphatic carboxylic acids is 1. The van der Waals surface area contributed by atoms with E-state index in [0.29, 0.717) is 61.7 Å². The minimum absolute atomic E-state index is 0.0240. The van der Waals surface area contributed by atoms with Crippen LogP contribution in [0.2, 0.25) is 0 Å². The molecule has 2 saturated heterocycles. The van der Waals surface area contributed by atoms with Gasteiger partial charge in [-0.2, -0.15) is 0 Å². The highest BCUT2D eigenvalue weighted by atomic mass is 32.1. The van der Waals surface area contributed by atoms with Gasteiger partial charge in [0.05, 0.1) is 22.5 Å². The number of nitrogens with one attached hydrogen (secondary N) is 2. The van der Waals surface area contributed by atoms with Crippen LogP contribution in [0.25, 0.3) is 21.6 Å². The van der Waals surface area contributed by atoms with Gasteiger partial charge in [0.1, 0.15) is 40.8 Å². The lowest BCUT2D eigenvalue weighted by atomic mass is 10.0. The largest absolute Gasteiger partial charge is 0.479 e. The van der Waals surface area contributed by atoms with E-state index in [9.17, 15) is 29.1 Å². The van der Waals surface area contributed by atoms with Crippen molar-refractivity contribution in [2.24, 2.45) is 5.92 Å². The number of hydrogen-bond donors (Lipinski definition) is 3. The number of Topliss-reactive ketones (excluding diaryl/α,β-unsaturated/α-hetero) is 1. The number of carboxylic acid groups (broad SMARTS) is 1. The summed E-state index contributed by atoms with van der Waals surface area (Å²) in [6.07, 6.45) is 2.67. The number of ketones is 1. The normalized spacial score (nSPS) is 26.4. The van der Waals surface area contributed by atoms with Gasteiger partial charge in [-0.05, 0) is 82.4 Å². The predicted molar refractivity (Wildman–Crippen MR) is 189 cm³/mol. The molecule has 13 nitrogen and oxygen atoms in total. The lowest BCUT2D eigenvalue weighted by Crippen LogP contribution is -2.56. The van der Waals surface area contributed by atoms with E-state index in [-0.39, 0.29) is 43.4 Å². The summed E-state index contributed by atoms with van der Waals surface area (Å²) >= 11 is 1.48. The Hall–Kier alpha value is -4.59. The van der Waals surface area contributed by atoms with Crippen LogP contribution in [0.1, 0.15) is 85.0 Å². The minimum Gasteiger partial charge on any atom is -0.479 e. The zero-order valence-electron chi connectivity index (χ0n) is 29.2. The van der Waals surface area contributed by atoms with Crippen molar-refractivity contribution in [3.63, 3.8) is 0 Å². The predicted octanol–water partition coefficient (Wildman–Crippen LogP) is 5.26. The molecule has 6 rings (SSSR count). The molecule has 3 aliphatic rings. The van der Waals surface area contributed by atoms with Crippen molar-refractivity contribution in [3.05, 3.63) is 41.8 Å². The van der Waals surface area contributed by atoms with Gasteiger partial charge in [0, 0.05) is 19.3 Å². The van der Waals surface area contributed by atoms with E-state index in [0.717, 1.165) is 4.88 Å². The molecule has 2 unspecified atom stereocenters. The van der Waals surface area contributed by atoms with Crippen molar-refractivity contribution < 1.29 is 38.6 Å². The lowest BCUT2D eigenvalue weighted by Gasteiger charge is -2.30. The summed E-state index contributed by atoms with van der Waals surface area (Å²) in [5, 5.41) is 17.7. The Kier molecular flexibility index (Phi) is 10.6.